The molecule has 34 heavy (non-hydrogen) atoms. The number of hydrogen-bond donors (Lipinski definition) is 1. The molecule has 1 fully saturated rings. The van der Waals surface area contributed by atoms with E-state index < -0.39 is 22.6 Å². The summed E-state index contributed by atoms with van der Waals surface area (Å²) >= 11 is 0. The Morgan fingerprint density at radius 1 is 1.09 bits per heavy atom. The van der Waals surface area contributed by atoms with Crippen LogP contribution in [0.4, 0.5) is 5.69 Å². The molecule has 1 N–H and O–H groups in total. The Morgan fingerprint density at radius 3 is 2.41 bits per heavy atom. The first kappa shape index (κ1) is 25.0. The summed E-state index contributed by atoms with van der Waals surface area (Å²) in [6, 6.07) is 10.9. The van der Waals surface area contributed by atoms with Crippen molar-refractivity contribution >= 4 is 17.5 Å². The number of rotatable bonds is 11. The predicted octanol–water partition coefficient (Wildman–Crippen LogP) is 2.59. The fraction of sp³-hybridized carbons (Fsp3) is 0.417. The Morgan fingerprint density at radius 2 is 1.79 bits per heavy atom. The van der Waals surface area contributed by atoms with Crippen molar-refractivity contribution in [3.8, 4) is 11.5 Å². The number of nitrogens with zero attached hydrogens (tertiary/aromatic N) is 2. The van der Waals surface area contributed by atoms with Crippen LogP contribution in [0, 0.1) is 10.1 Å². The average Bonchev–Trinajstić information content (AvgIpc) is 3.38. The highest BCUT2D eigenvalue weighted by molar-refractivity contribution is 6.01. The van der Waals surface area contributed by atoms with Gasteiger partial charge in [0.15, 0.2) is 11.5 Å². The van der Waals surface area contributed by atoms with Gasteiger partial charge in [-0.1, -0.05) is 30.3 Å². The van der Waals surface area contributed by atoms with E-state index in [-0.39, 0.29) is 42.6 Å². The fourth-order valence-corrected chi connectivity index (χ4v) is 3.83. The minimum absolute atomic E-state index is 0.122. The third-order valence-corrected chi connectivity index (χ3v) is 5.57. The minimum atomic E-state index is -0.865. The summed E-state index contributed by atoms with van der Waals surface area (Å²) in [6.45, 7) is 1.68. The highest BCUT2D eigenvalue weighted by atomic mass is 16.6. The third kappa shape index (κ3) is 6.22. The van der Waals surface area contributed by atoms with E-state index in [2.05, 4.69) is 5.32 Å². The van der Waals surface area contributed by atoms with Crippen LogP contribution < -0.4 is 14.8 Å². The summed E-state index contributed by atoms with van der Waals surface area (Å²) in [6.07, 6.45) is 2.08. The summed E-state index contributed by atoms with van der Waals surface area (Å²) in [7, 11) is 2.88. The zero-order valence-electron chi connectivity index (χ0n) is 19.3. The molecule has 1 aliphatic rings. The molecule has 1 heterocycles. The van der Waals surface area contributed by atoms with Gasteiger partial charge in [-0.25, -0.2) is 0 Å². The van der Waals surface area contributed by atoms with Crippen LogP contribution >= 0.6 is 0 Å². The molecule has 0 spiro atoms. The van der Waals surface area contributed by atoms with E-state index in [4.69, 9.17) is 14.2 Å². The molecule has 1 saturated heterocycles. The maximum absolute atomic E-state index is 13.2. The lowest BCUT2D eigenvalue weighted by atomic mass is 10.0. The van der Waals surface area contributed by atoms with Crippen molar-refractivity contribution in [2.75, 3.05) is 40.5 Å². The zero-order valence-corrected chi connectivity index (χ0v) is 19.3. The smallest absolute Gasteiger partial charge is 0.286 e. The van der Waals surface area contributed by atoms with E-state index in [9.17, 15) is 19.7 Å². The molecule has 1 aliphatic heterocycles. The molecule has 1 atom stereocenters. The number of ether oxygens (including phenoxy) is 3. The van der Waals surface area contributed by atoms with Gasteiger partial charge in [-0.15, -0.1) is 0 Å². The summed E-state index contributed by atoms with van der Waals surface area (Å²) in [5.74, 6) is -0.653. The van der Waals surface area contributed by atoms with Crippen LogP contribution in [0.3, 0.4) is 0 Å². The number of carbonyl (C=O) groups is 2. The molecule has 0 radical (unpaired) electrons. The molecule has 2 aromatic carbocycles. The molecular weight excluding hydrogens is 442 g/mol. The van der Waals surface area contributed by atoms with Gasteiger partial charge in [0.25, 0.3) is 11.6 Å². The second-order valence-electron chi connectivity index (χ2n) is 7.87. The molecule has 0 bridgehead atoms. The highest BCUT2D eigenvalue weighted by Crippen LogP contribution is 2.35. The first-order valence-electron chi connectivity index (χ1n) is 11.1. The summed E-state index contributed by atoms with van der Waals surface area (Å²) in [5.41, 5.74) is 0.209. The molecule has 182 valence electrons. The summed E-state index contributed by atoms with van der Waals surface area (Å²) in [4.78, 5) is 39.2. The molecular formula is C24H29N3O7. The molecule has 0 aromatic heterocycles. The second kappa shape index (κ2) is 12.0. The van der Waals surface area contributed by atoms with E-state index in [1.807, 2.05) is 30.3 Å². The lowest BCUT2D eigenvalue weighted by Gasteiger charge is -2.24. The molecule has 10 heteroatoms. The van der Waals surface area contributed by atoms with Crippen LogP contribution in [0.2, 0.25) is 0 Å². The lowest BCUT2D eigenvalue weighted by molar-refractivity contribution is -0.385. The molecule has 2 aromatic rings. The molecule has 10 nitrogen and oxygen atoms in total. The fourth-order valence-electron chi connectivity index (χ4n) is 3.83. The predicted molar refractivity (Wildman–Crippen MR) is 124 cm³/mol. The Bertz CT molecular complexity index is 1010. The first-order valence-corrected chi connectivity index (χ1v) is 11.1. The van der Waals surface area contributed by atoms with E-state index in [0.29, 0.717) is 13.1 Å². The zero-order chi connectivity index (χ0) is 24.5. The SMILES string of the molecule is COCCOc1cc([N+](=O)[O-])c(C(=O)NC(Cc2ccccc2)C(=O)N2CCCC2)cc1OC. The van der Waals surface area contributed by atoms with Gasteiger partial charge in [0.2, 0.25) is 5.91 Å². The van der Waals surface area contributed by atoms with Gasteiger partial charge in [0, 0.05) is 32.7 Å². The topological polar surface area (TPSA) is 120 Å². The Balaban J connectivity index is 1.89. The van der Waals surface area contributed by atoms with Crippen LogP contribution in [0.15, 0.2) is 42.5 Å². The number of benzene rings is 2. The van der Waals surface area contributed by atoms with Gasteiger partial charge >= 0.3 is 0 Å². The number of methoxy groups -OCH3 is 2. The number of nitro groups is 1. The molecule has 0 saturated carbocycles. The molecule has 0 aliphatic carbocycles. The highest BCUT2D eigenvalue weighted by Gasteiger charge is 2.31. The molecule has 3 rings (SSSR count). The quantitative estimate of drug-likeness (QED) is 0.304. The first-order chi connectivity index (χ1) is 16.4. The average molecular weight is 472 g/mol. The number of hydrogen-bond acceptors (Lipinski definition) is 7. The van der Waals surface area contributed by atoms with E-state index in [1.165, 1.54) is 20.3 Å². The van der Waals surface area contributed by atoms with Crippen molar-refractivity contribution in [3.05, 3.63) is 63.7 Å². The van der Waals surface area contributed by atoms with Crippen LogP contribution in [0.25, 0.3) is 0 Å². The number of nitro benzene ring substituents is 1. The number of likely N-dealkylation sites (tertiary alicyclic amines) is 1. The monoisotopic (exact) mass is 471 g/mol. The normalized spacial score (nSPS) is 13.9. The standard InChI is InChI=1S/C24H29N3O7/c1-32-12-13-34-22-16-20(27(30)31)18(15-21(22)33-2)23(28)25-19(14-17-8-4-3-5-9-17)24(29)26-10-6-7-11-26/h3-5,8-9,15-16,19H,6-7,10-14H2,1-2H3,(H,25,28). The van der Waals surface area contributed by atoms with E-state index >= 15 is 0 Å². The van der Waals surface area contributed by atoms with Crippen LogP contribution in [-0.2, 0) is 16.0 Å². The number of amides is 2. The Hall–Kier alpha value is -3.66. The van der Waals surface area contributed by atoms with Gasteiger partial charge in [-0.2, -0.15) is 0 Å². The van der Waals surface area contributed by atoms with Gasteiger partial charge < -0.3 is 24.4 Å². The largest absolute Gasteiger partial charge is 0.493 e. The van der Waals surface area contributed by atoms with Gasteiger partial charge in [0.1, 0.15) is 18.2 Å². The molecule has 2 amide bonds. The number of carbonyl (C=O) groups excluding carboxylic acids is 2. The van der Waals surface area contributed by atoms with E-state index in [0.717, 1.165) is 24.5 Å². The van der Waals surface area contributed by atoms with Crippen molar-refractivity contribution in [1.29, 1.82) is 0 Å². The Kier molecular flexibility index (Phi) is 8.80. The second-order valence-corrected chi connectivity index (χ2v) is 7.87. The van der Waals surface area contributed by atoms with Crippen molar-refractivity contribution in [3.63, 3.8) is 0 Å². The van der Waals surface area contributed by atoms with E-state index in [1.54, 1.807) is 4.90 Å². The maximum Gasteiger partial charge on any atom is 0.286 e. The third-order valence-electron chi connectivity index (χ3n) is 5.57. The van der Waals surface area contributed by atoms with Crippen molar-refractivity contribution in [2.45, 2.75) is 25.3 Å². The minimum Gasteiger partial charge on any atom is -0.493 e. The van der Waals surface area contributed by atoms with Crippen LogP contribution in [0.5, 0.6) is 11.5 Å². The van der Waals surface area contributed by atoms with Crippen molar-refractivity contribution < 1.29 is 28.7 Å². The Labute approximate surface area is 197 Å². The van der Waals surface area contributed by atoms with Crippen molar-refractivity contribution in [2.24, 2.45) is 0 Å². The summed E-state index contributed by atoms with van der Waals surface area (Å²) < 4.78 is 15.7. The van der Waals surface area contributed by atoms with Crippen LogP contribution in [-0.4, -0.2) is 68.2 Å². The van der Waals surface area contributed by atoms with Gasteiger partial charge in [-0.05, 0) is 18.4 Å². The van der Waals surface area contributed by atoms with Crippen molar-refractivity contribution in [1.82, 2.24) is 10.2 Å². The summed E-state index contributed by atoms with van der Waals surface area (Å²) in [5, 5.41) is 14.5. The van der Waals surface area contributed by atoms with Gasteiger partial charge in [-0.3, -0.25) is 19.7 Å². The number of nitrogens with one attached hydrogen (secondary N) is 1. The maximum atomic E-state index is 13.2. The van der Waals surface area contributed by atoms with Gasteiger partial charge in [0.05, 0.1) is 24.7 Å². The lowest BCUT2D eigenvalue weighted by Crippen LogP contribution is -2.49. The molecule has 1 unspecified atom stereocenters. The van der Waals surface area contributed by atoms with Crippen LogP contribution in [0.1, 0.15) is 28.8 Å².